The van der Waals surface area contributed by atoms with Crippen LogP contribution in [-0.4, -0.2) is 37.3 Å². The molecule has 1 aromatic carbocycles. The zero-order valence-electron chi connectivity index (χ0n) is 14.2. The lowest BCUT2D eigenvalue weighted by molar-refractivity contribution is -0.127. The van der Waals surface area contributed by atoms with Crippen LogP contribution in [0.25, 0.3) is 0 Å². The first-order valence-electron chi connectivity index (χ1n) is 8.78. The van der Waals surface area contributed by atoms with Gasteiger partial charge >= 0.3 is 0 Å². The summed E-state index contributed by atoms with van der Waals surface area (Å²) in [6.07, 6.45) is 5.61. The number of amides is 1. The summed E-state index contributed by atoms with van der Waals surface area (Å²) in [6, 6.07) is 8.51. The molecule has 0 spiro atoms. The van der Waals surface area contributed by atoms with E-state index in [1.54, 1.807) is 30.3 Å². The van der Waals surface area contributed by atoms with Crippen LogP contribution in [0.4, 0.5) is 0 Å². The molecule has 0 radical (unpaired) electrons. The summed E-state index contributed by atoms with van der Waals surface area (Å²) in [5.41, 5.74) is -0.0651. The van der Waals surface area contributed by atoms with E-state index < -0.39 is 10.0 Å². The maximum atomic E-state index is 12.6. The van der Waals surface area contributed by atoms with Crippen LogP contribution in [0.1, 0.15) is 45.4 Å². The average molecular weight is 350 g/mol. The summed E-state index contributed by atoms with van der Waals surface area (Å²) in [6.45, 7) is 2.94. The van der Waals surface area contributed by atoms with Crippen molar-refractivity contribution in [2.24, 2.45) is 5.92 Å². The Morgan fingerprint density at radius 1 is 1.12 bits per heavy atom. The molecule has 1 N–H and O–H groups in total. The summed E-state index contributed by atoms with van der Waals surface area (Å²) in [4.78, 5) is 12.8. The summed E-state index contributed by atoms with van der Waals surface area (Å²) in [5, 5.41) is 3.20. The minimum atomic E-state index is -3.44. The minimum Gasteiger partial charge on any atom is -0.351 e. The van der Waals surface area contributed by atoms with Crippen LogP contribution in [0.3, 0.4) is 0 Å². The molecule has 1 saturated heterocycles. The second-order valence-corrected chi connectivity index (χ2v) is 9.19. The minimum absolute atomic E-state index is 0.0651. The van der Waals surface area contributed by atoms with Crippen molar-refractivity contribution in [2.45, 2.75) is 55.9 Å². The van der Waals surface area contributed by atoms with Crippen LogP contribution in [0.2, 0.25) is 0 Å². The molecule has 0 bridgehead atoms. The molecular formula is C18H26N2O3S. The molecule has 1 saturated carbocycles. The van der Waals surface area contributed by atoms with Gasteiger partial charge in [-0.05, 0) is 44.7 Å². The number of sulfonamides is 1. The Labute approximate surface area is 144 Å². The predicted octanol–water partition coefficient (Wildman–Crippen LogP) is 2.54. The van der Waals surface area contributed by atoms with E-state index in [-0.39, 0.29) is 17.4 Å². The third-order valence-electron chi connectivity index (χ3n) is 5.34. The molecular weight excluding hydrogens is 324 g/mol. The highest BCUT2D eigenvalue weighted by Gasteiger charge is 2.35. The summed E-state index contributed by atoms with van der Waals surface area (Å²) in [5.74, 6) is 0.0146. The van der Waals surface area contributed by atoms with Gasteiger partial charge in [0.05, 0.1) is 4.90 Å². The van der Waals surface area contributed by atoms with E-state index in [0.29, 0.717) is 30.8 Å². The van der Waals surface area contributed by atoms with Crippen LogP contribution >= 0.6 is 0 Å². The van der Waals surface area contributed by atoms with Crippen molar-refractivity contribution in [3.05, 3.63) is 30.3 Å². The number of nitrogens with zero attached hydrogens (tertiary/aromatic N) is 1. The van der Waals surface area contributed by atoms with Crippen molar-refractivity contribution >= 4 is 15.9 Å². The molecule has 0 unspecified atom stereocenters. The Morgan fingerprint density at radius 2 is 1.71 bits per heavy atom. The molecule has 0 aromatic heterocycles. The van der Waals surface area contributed by atoms with E-state index >= 15 is 0 Å². The fourth-order valence-electron chi connectivity index (χ4n) is 3.78. The van der Waals surface area contributed by atoms with Gasteiger partial charge in [0.25, 0.3) is 0 Å². The van der Waals surface area contributed by atoms with Gasteiger partial charge in [0.15, 0.2) is 0 Å². The standard InChI is InChI=1S/C18H26N2O3S/c1-18(11-5-6-12-18)19-17(21)15-9-13-20(14-10-15)24(22,23)16-7-3-2-4-8-16/h2-4,7-8,15H,5-6,9-14H2,1H3,(H,19,21). The summed E-state index contributed by atoms with van der Waals surface area (Å²) >= 11 is 0. The van der Waals surface area contributed by atoms with Crippen molar-refractivity contribution in [3.63, 3.8) is 0 Å². The number of piperidine rings is 1. The highest BCUT2D eigenvalue weighted by molar-refractivity contribution is 7.89. The fourth-order valence-corrected chi connectivity index (χ4v) is 5.27. The van der Waals surface area contributed by atoms with Gasteiger partial charge in [-0.1, -0.05) is 31.0 Å². The Bertz CT molecular complexity index is 673. The van der Waals surface area contributed by atoms with Crippen LogP contribution in [-0.2, 0) is 14.8 Å². The molecule has 0 atom stereocenters. The number of hydrogen-bond acceptors (Lipinski definition) is 3. The molecule has 2 aliphatic rings. The van der Waals surface area contributed by atoms with E-state index in [4.69, 9.17) is 0 Å². The largest absolute Gasteiger partial charge is 0.351 e. The van der Waals surface area contributed by atoms with Gasteiger partial charge in [0, 0.05) is 24.5 Å². The van der Waals surface area contributed by atoms with Crippen molar-refractivity contribution in [3.8, 4) is 0 Å². The smallest absolute Gasteiger partial charge is 0.243 e. The van der Waals surface area contributed by atoms with E-state index in [1.165, 1.54) is 17.1 Å². The van der Waals surface area contributed by atoms with Gasteiger partial charge < -0.3 is 5.32 Å². The number of carbonyl (C=O) groups is 1. The van der Waals surface area contributed by atoms with Gasteiger partial charge in [-0.25, -0.2) is 8.42 Å². The number of rotatable bonds is 4. The first-order chi connectivity index (χ1) is 11.4. The first kappa shape index (κ1) is 17.4. The fraction of sp³-hybridized carbons (Fsp3) is 0.611. The molecule has 132 valence electrons. The highest BCUT2D eigenvalue weighted by Crippen LogP contribution is 2.30. The molecule has 1 aromatic rings. The lowest BCUT2D eigenvalue weighted by atomic mass is 9.94. The summed E-state index contributed by atoms with van der Waals surface area (Å²) < 4.78 is 26.7. The number of carbonyl (C=O) groups excluding carboxylic acids is 1. The zero-order chi connectivity index (χ0) is 17.2. The van der Waals surface area contributed by atoms with E-state index in [1.807, 2.05) is 0 Å². The van der Waals surface area contributed by atoms with Gasteiger partial charge in [-0.2, -0.15) is 4.31 Å². The molecule has 24 heavy (non-hydrogen) atoms. The zero-order valence-corrected chi connectivity index (χ0v) is 15.0. The maximum absolute atomic E-state index is 12.6. The molecule has 1 heterocycles. The normalized spacial score (nSPS) is 22.4. The Hall–Kier alpha value is -1.40. The second kappa shape index (κ2) is 6.84. The first-order valence-corrected chi connectivity index (χ1v) is 10.2. The Balaban J connectivity index is 1.58. The van der Waals surface area contributed by atoms with E-state index in [0.717, 1.165) is 12.8 Å². The van der Waals surface area contributed by atoms with Crippen molar-refractivity contribution in [2.75, 3.05) is 13.1 Å². The SMILES string of the molecule is CC1(NC(=O)C2CCN(S(=O)(=O)c3ccccc3)CC2)CCCC1. The van der Waals surface area contributed by atoms with Crippen molar-refractivity contribution in [1.29, 1.82) is 0 Å². The van der Waals surface area contributed by atoms with Gasteiger partial charge in [-0.3, -0.25) is 4.79 Å². The quantitative estimate of drug-likeness (QED) is 0.907. The topological polar surface area (TPSA) is 66.5 Å². The molecule has 5 nitrogen and oxygen atoms in total. The van der Waals surface area contributed by atoms with Gasteiger partial charge in [-0.15, -0.1) is 0 Å². The lowest BCUT2D eigenvalue weighted by Gasteiger charge is -2.33. The molecule has 6 heteroatoms. The average Bonchev–Trinajstić information content (AvgIpc) is 3.02. The molecule has 1 amide bonds. The second-order valence-electron chi connectivity index (χ2n) is 7.25. The van der Waals surface area contributed by atoms with Crippen LogP contribution in [0.5, 0.6) is 0 Å². The van der Waals surface area contributed by atoms with Crippen LogP contribution < -0.4 is 5.32 Å². The van der Waals surface area contributed by atoms with Gasteiger partial charge in [0.1, 0.15) is 0 Å². The third-order valence-corrected chi connectivity index (χ3v) is 7.25. The van der Waals surface area contributed by atoms with Crippen LogP contribution in [0, 0.1) is 5.92 Å². The molecule has 2 fully saturated rings. The number of nitrogens with one attached hydrogen (secondary N) is 1. The third kappa shape index (κ3) is 3.64. The molecule has 1 aliphatic heterocycles. The number of hydrogen-bond donors (Lipinski definition) is 1. The van der Waals surface area contributed by atoms with Crippen LogP contribution in [0.15, 0.2) is 35.2 Å². The van der Waals surface area contributed by atoms with E-state index in [2.05, 4.69) is 12.2 Å². The van der Waals surface area contributed by atoms with Crippen molar-refractivity contribution < 1.29 is 13.2 Å². The molecule has 3 rings (SSSR count). The van der Waals surface area contributed by atoms with Crippen molar-refractivity contribution in [1.82, 2.24) is 9.62 Å². The lowest BCUT2D eigenvalue weighted by Crippen LogP contribution is -2.49. The van der Waals surface area contributed by atoms with E-state index in [9.17, 15) is 13.2 Å². The van der Waals surface area contributed by atoms with Gasteiger partial charge in [0.2, 0.25) is 15.9 Å². The highest BCUT2D eigenvalue weighted by atomic mass is 32.2. The Kier molecular flexibility index (Phi) is 4.97. The monoisotopic (exact) mass is 350 g/mol. The summed E-state index contributed by atoms with van der Waals surface area (Å²) in [7, 11) is -3.44. The predicted molar refractivity (Wildman–Crippen MR) is 92.9 cm³/mol. The maximum Gasteiger partial charge on any atom is 0.243 e. The number of benzene rings is 1. The Morgan fingerprint density at radius 3 is 2.29 bits per heavy atom. The molecule has 1 aliphatic carbocycles.